The van der Waals surface area contributed by atoms with Crippen LogP contribution in [0.4, 0.5) is 0 Å². The molecule has 0 aliphatic heterocycles. The monoisotopic (exact) mass is 308 g/mol. The molecule has 1 nitrogen and oxygen atoms in total. The van der Waals surface area contributed by atoms with Crippen LogP contribution in [0.2, 0.25) is 0 Å². The maximum Gasteiger partial charge on any atom is 0.185 e. The molecule has 1 heteroatoms. The summed E-state index contributed by atoms with van der Waals surface area (Å²) in [6, 6.07) is 27.0. The van der Waals surface area contributed by atoms with Crippen LogP contribution >= 0.6 is 0 Å². The van der Waals surface area contributed by atoms with Crippen molar-refractivity contribution in [2.45, 2.75) is 0 Å². The lowest BCUT2D eigenvalue weighted by atomic mass is 10.1. The van der Waals surface area contributed by atoms with E-state index >= 15 is 0 Å². The number of hydrogen-bond donors (Lipinski definition) is 0. The van der Waals surface area contributed by atoms with Crippen LogP contribution in [0.25, 0.3) is 6.08 Å². The number of benzene rings is 3. The lowest BCUT2D eigenvalue weighted by Gasteiger charge is -1.97. The number of hydrogen-bond acceptors (Lipinski definition) is 1. The Morgan fingerprint density at radius 3 is 1.83 bits per heavy atom. The van der Waals surface area contributed by atoms with E-state index < -0.39 is 0 Å². The molecule has 0 atom stereocenters. The Morgan fingerprint density at radius 1 is 0.667 bits per heavy atom. The average Bonchev–Trinajstić information content (AvgIpc) is 2.66. The highest BCUT2D eigenvalue weighted by atomic mass is 16.1. The minimum absolute atomic E-state index is 0.0126. The van der Waals surface area contributed by atoms with E-state index in [0.29, 0.717) is 5.56 Å². The van der Waals surface area contributed by atoms with E-state index in [0.717, 1.165) is 16.7 Å². The number of carbonyl (C=O) groups excluding carboxylic acids is 1. The van der Waals surface area contributed by atoms with E-state index in [1.165, 1.54) is 0 Å². The Balaban J connectivity index is 1.69. The van der Waals surface area contributed by atoms with Crippen LogP contribution in [-0.2, 0) is 0 Å². The molecule has 0 saturated heterocycles. The molecule has 114 valence electrons. The Labute approximate surface area is 142 Å². The van der Waals surface area contributed by atoms with Crippen LogP contribution in [0.1, 0.15) is 27.0 Å². The van der Waals surface area contributed by atoms with Crippen molar-refractivity contribution in [2.24, 2.45) is 0 Å². The summed E-state index contributed by atoms with van der Waals surface area (Å²) in [4.78, 5) is 12.2. The van der Waals surface area contributed by atoms with Gasteiger partial charge in [0.25, 0.3) is 0 Å². The highest BCUT2D eigenvalue weighted by Crippen LogP contribution is 2.08. The van der Waals surface area contributed by atoms with Crippen molar-refractivity contribution < 1.29 is 4.79 Å². The van der Waals surface area contributed by atoms with Gasteiger partial charge in [-0.15, -0.1) is 0 Å². The van der Waals surface area contributed by atoms with Gasteiger partial charge in [0.05, 0.1) is 0 Å². The summed E-state index contributed by atoms with van der Waals surface area (Å²) in [5.41, 5.74) is 3.54. The first kappa shape index (κ1) is 15.5. The van der Waals surface area contributed by atoms with Gasteiger partial charge in [0.2, 0.25) is 0 Å². The van der Waals surface area contributed by atoms with Crippen molar-refractivity contribution in [1.29, 1.82) is 0 Å². The minimum atomic E-state index is -0.0126. The maximum atomic E-state index is 12.2. The predicted octanol–water partition coefficient (Wildman–Crippen LogP) is 4.98. The Hall–Kier alpha value is -3.37. The summed E-state index contributed by atoms with van der Waals surface area (Å²) in [6.07, 6.45) is 3.42. The fourth-order valence-corrected chi connectivity index (χ4v) is 2.22. The van der Waals surface area contributed by atoms with Gasteiger partial charge in [0.1, 0.15) is 0 Å². The molecule has 0 N–H and O–H groups in total. The second-order valence-electron chi connectivity index (χ2n) is 5.30. The third-order valence-corrected chi connectivity index (χ3v) is 3.52. The predicted molar refractivity (Wildman–Crippen MR) is 98.7 cm³/mol. The average molecular weight is 308 g/mol. The third kappa shape index (κ3) is 4.32. The van der Waals surface area contributed by atoms with Gasteiger partial charge in [-0.1, -0.05) is 66.4 Å². The zero-order chi connectivity index (χ0) is 16.6. The molecule has 3 aromatic carbocycles. The summed E-state index contributed by atoms with van der Waals surface area (Å²) < 4.78 is 0. The third-order valence-electron chi connectivity index (χ3n) is 3.52. The normalized spacial score (nSPS) is 10.2. The number of carbonyl (C=O) groups is 1. The lowest BCUT2D eigenvalue weighted by molar-refractivity contribution is 0.104. The molecule has 0 spiro atoms. The van der Waals surface area contributed by atoms with Gasteiger partial charge in [0.15, 0.2) is 5.78 Å². The molecule has 0 aromatic heterocycles. The molecular formula is C23H16O. The first-order valence-corrected chi connectivity index (χ1v) is 7.76. The summed E-state index contributed by atoms with van der Waals surface area (Å²) in [5, 5.41) is 0. The minimum Gasteiger partial charge on any atom is -0.289 e. The van der Waals surface area contributed by atoms with Gasteiger partial charge < -0.3 is 0 Å². The highest BCUT2D eigenvalue weighted by Gasteiger charge is 2.00. The lowest BCUT2D eigenvalue weighted by Crippen LogP contribution is -1.93. The molecule has 3 rings (SSSR count). The van der Waals surface area contributed by atoms with Gasteiger partial charge in [-0.05, 0) is 48.0 Å². The van der Waals surface area contributed by atoms with E-state index in [1.54, 1.807) is 6.08 Å². The van der Waals surface area contributed by atoms with Crippen molar-refractivity contribution in [3.8, 4) is 11.8 Å². The molecule has 0 unspecified atom stereocenters. The maximum absolute atomic E-state index is 12.2. The van der Waals surface area contributed by atoms with Crippen LogP contribution in [0, 0.1) is 11.8 Å². The van der Waals surface area contributed by atoms with Crippen molar-refractivity contribution in [3.63, 3.8) is 0 Å². The second kappa shape index (κ2) is 7.76. The molecule has 0 fully saturated rings. The Morgan fingerprint density at radius 2 is 1.21 bits per heavy atom. The SMILES string of the molecule is O=C(/C=C\c1ccccc1)c1ccc(C#Cc2ccccc2)cc1. The Kier molecular flexibility index (Phi) is 5.02. The summed E-state index contributed by atoms with van der Waals surface area (Å²) >= 11 is 0. The van der Waals surface area contributed by atoms with E-state index in [2.05, 4.69) is 11.8 Å². The van der Waals surface area contributed by atoms with Crippen LogP contribution in [0.15, 0.2) is 91.0 Å². The molecule has 24 heavy (non-hydrogen) atoms. The largest absolute Gasteiger partial charge is 0.289 e. The van der Waals surface area contributed by atoms with Gasteiger partial charge in [0, 0.05) is 16.7 Å². The summed E-state index contributed by atoms with van der Waals surface area (Å²) in [6.45, 7) is 0. The van der Waals surface area contributed by atoms with Gasteiger partial charge in [-0.3, -0.25) is 4.79 Å². The fourth-order valence-electron chi connectivity index (χ4n) is 2.22. The van der Waals surface area contributed by atoms with Gasteiger partial charge in [-0.2, -0.15) is 0 Å². The second-order valence-corrected chi connectivity index (χ2v) is 5.30. The Bertz CT molecular complexity index is 893. The smallest absolute Gasteiger partial charge is 0.185 e. The summed E-state index contributed by atoms with van der Waals surface area (Å²) in [5.74, 6) is 6.20. The van der Waals surface area contributed by atoms with E-state index in [1.807, 2.05) is 91.0 Å². The number of rotatable bonds is 3. The molecule has 0 heterocycles. The molecule has 0 saturated carbocycles. The molecule has 0 aliphatic carbocycles. The molecular weight excluding hydrogens is 292 g/mol. The summed E-state index contributed by atoms with van der Waals surface area (Å²) in [7, 11) is 0. The molecule has 0 bridgehead atoms. The molecule has 0 amide bonds. The van der Waals surface area contributed by atoms with Crippen molar-refractivity contribution in [2.75, 3.05) is 0 Å². The van der Waals surface area contributed by atoms with Gasteiger partial charge in [-0.25, -0.2) is 0 Å². The van der Waals surface area contributed by atoms with Crippen LogP contribution < -0.4 is 0 Å². The van der Waals surface area contributed by atoms with E-state index in [9.17, 15) is 4.79 Å². The standard InChI is InChI=1S/C23H16O/c24-23(18-15-20-9-5-2-6-10-20)22-16-13-21(14-17-22)12-11-19-7-3-1-4-8-19/h1-10,13-18H/b18-15-. The van der Waals surface area contributed by atoms with Crippen molar-refractivity contribution in [1.82, 2.24) is 0 Å². The van der Waals surface area contributed by atoms with Crippen LogP contribution in [0.3, 0.4) is 0 Å². The van der Waals surface area contributed by atoms with Crippen molar-refractivity contribution in [3.05, 3.63) is 113 Å². The van der Waals surface area contributed by atoms with E-state index in [4.69, 9.17) is 0 Å². The quantitative estimate of drug-likeness (QED) is 0.379. The molecule has 3 aromatic rings. The highest BCUT2D eigenvalue weighted by molar-refractivity contribution is 6.06. The number of allylic oxidation sites excluding steroid dienone is 1. The zero-order valence-electron chi connectivity index (χ0n) is 13.1. The number of ketones is 1. The van der Waals surface area contributed by atoms with Crippen LogP contribution in [-0.4, -0.2) is 5.78 Å². The van der Waals surface area contributed by atoms with Crippen molar-refractivity contribution >= 4 is 11.9 Å². The first-order chi connectivity index (χ1) is 11.8. The molecule has 0 aliphatic rings. The fraction of sp³-hybridized carbons (Fsp3) is 0. The van der Waals surface area contributed by atoms with Gasteiger partial charge >= 0.3 is 0 Å². The molecule has 0 radical (unpaired) electrons. The van der Waals surface area contributed by atoms with Crippen LogP contribution in [0.5, 0.6) is 0 Å². The zero-order valence-corrected chi connectivity index (χ0v) is 13.1. The first-order valence-electron chi connectivity index (χ1n) is 7.76. The topological polar surface area (TPSA) is 17.1 Å². The van der Waals surface area contributed by atoms with E-state index in [-0.39, 0.29) is 5.78 Å².